The van der Waals surface area contributed by atoms with Crippen LogP contribution in [0.1, 0.15) is 35.8 Å². The fourth-order valence-electron chi connectivity index (χ4n) is 2.74. The highest BCUT2D eigenvalue weighted by Gasteiger charge is 2.30. The molecule has 19 heavy (non-hydrogen) atoms. The van der Waals surface area contributed by atoms with Gasteiger partial charge in [-0.25, -0.2) is 0 Å². The van der Waals surface area contributed by atoms with Crippen molar-refractivity contribution >= 4 is 23.1 Å². The molecule has 0 saturated carbocycles. The fraction of sp³-hybridized carbons (Fsp3) is 0.333. The molecule has 4 heteroatoms. The predicted molar refractivity (Wildman–Crippen MR) is 76.3 cm³/mol. The summed E-state index contributed by atoms with van der Waals surface area (Å²) in [4.78, 5) is 16.4. The van der Waals surface area contributed by atoms with Gasteiger partial charge in [-0.15, -0.1) is 11.6 Å². The molecule has 0 aromatic carbocycles. The van der Waals surface area contributed by atoms with Gasteiger partial charge >= 0.3 is 0 Å². The molecule has 0 fully saturated rings. The zero-order valence-corrected chi connectivity index (χ0v) is 11.5. The summed E-state index contributed by atoms with van der Waals surface area (Å²) in [5.74, 6) is -0.00841. The molecule has 2 aliphatic carbocycles. The number of alkyl halides is 1. The Hall–Kier alpha value is -1.61. The summed E-state index contributed by atoms with van der Waals surface area (Å²) in [5, 5.41) is 0. The number of anilines is 1. The largest absolute Gasteiger partial charge is 0.397 e. The van der Waals surface area contributed by atoms with Gasteiger partial charge in [0, 0.05) is 5.57 Å². The molecule has 1 atom stereocenters. The average molecular weight is 275 g/mol. The van der Waals surface area contributed by atoms with Crippen molar-refractivity contribution in [1.29, 1.82) is 0 Å². The van der Waals surface area contributed by atoms with Gasteiger partial charge in [-0.1, -0.05) is 17.7 Å². The fourth-order valence-corrected chi connectivity index (χ4v) is 2.97. The Kier molecular flexibility index (Phi) is 2.75. The van der Waals surface area contributed by atoms with Crippen molar-refractivity contribution in [2.45, 2.75) is 31.1 Å². The van der Waals surface area contributed by atoms with Crippen molar-refractivity contribution in [3.05, 3.63) is 46.8 Å². The molecule has 1 aromatic heterocycles. The zero-order valence-electron chi connectivity index (χ0n) is 10.7. The van der Waals surface area contributed by atoms with Crippen molar-refractivity contribution < 1.29 is 4.79 Å². The minimum Gasteiger partial charge on any atom is -0.397 e. The molecule has 0 radical (unpaired) electrons. The van der Waals surface area contributed by atoms with Crippen LogP contribution in [0, 0.1) is 0 Å². The Balaban J connectivity index is 2.07. The lowest BCUT2D eigenvalue weighted by atomic mass is 9.87. The van der Waals surface area contributed by atoms with Gasteiger partial charge in [-0.2, -0.15) is 0 Å². The van der Waals surface area contributed by atoms with Crippen molar-refractivity contribution in [3.63, 3.8) is 0 Å². The van der Waals surface area contributed by atoms with E-state index >= 15 is 0 Å². The summed E-state index contributed by atoms with van der Waals surface area (Å²) < 4.78 is 0. The van der Waals surface area contributed by atoms with E-state index in [2.05, 4.69) is 4.98 Å². The van der Waals surface area contributed by atoms with Crippen molar-refractivity contribution in [2.24, 2.45) is 0 Å². The number of allylic oxidation sites excluding steroid dienone is 4. The summed E-state index contributed by atoms with van der Waals surface area (Å²) in [7, 11) is 0. The summed E-state index contributed by atoms with van der Waals surface area (Å²) in [6.07, 6.45) is 7.63. The molecular weight excluding hydrogens is 260 g/mol. The van der Waals surface area contributed by atoms with Crippen LogP contribution in [0.4, 0.5) is 5.69 Å². The number of nitrogens with two attached hydrogens (primary N) is 1. The number of hydrogen-bond donors (Lipinski definition) is 1. The number of ketones is 1. The van der Waals surface area contributed by atoms with E-state index in [0.717, 1.165) is 36.0 Å². The van der Waals surface area contributed by atoms with Crippen LogP contribution in [0.15, 0.2) is 35.6 Å². The van der Waals surface area contributed by atoms with Crippen LogP contribution in [-0.4, -0.2) is 15.6 Å². The lowest BCUT2D eigenvalue weighted by Crippen LogP contribution is -2.20. The average Bonchev–Trinajstić information content (AvgIpc) is 2.46. The van der Waals surface area contributed by atoms with E-state index in [4.69, 9.17) is 17.3 Å². The number of aryl methyl sites for hydroxylation is 1. The first kappa shape index (κ1) is 12.4. The van der Waals surface area contributed by atoms with Crippen LogP contribution in [-0.2, 0) is 6.42 Å². The third-order valence-electron chi connectivity index (χ3n) is 3.68. The van der Waals surface area contributed by atoms with E-state index < -0.39 is 0 Å². The third-order valence-corrected chi connectivity index (χ3v) is 3.94. The first-order chi connectivity index (χ1) is 8.96. The van der Waals surface area contributed by atoms with Gasteiger partial charge in [0.2, 0.25) is 5.78 Å². The van der Waals surface area contributed by atoms with Crippen LogP contribution in [0.3, 0.4) is 0 Å². The minimum atomic E-state index is -0.387. The van der Waals surface area contributed by atoms with Crippen LogP contribution < -0.4 is 5.73 Å². The van der Waals surface area contributed by atoms with Crippen LogP contribution in [0.5, 0.6) is 0 Å². The number of hydrogen-bond acceptors (Lipinski definition) is 3. The molecule has 2 N–H and O–H groups in total. The summed E-state index contributed by atoms with van der Waals surface area (Å²) in [6, 6.07) is 1.85. The summed E-state index contributed by atoms with van der Waals surface area (Å²) in [5.41, 5.74) is 9.70. The number of pyridine rings is 1. The van der Waals surface area contributed by atoms with Crippen LogP contribution in [0.25, 0.3) is 0 Å². The smallest absolute Gasteiger partial charge is 0.211 e. The molecule has 1 heterocycles. The SMILES string of the molecule is CC1(Cl)C=CC2=C(CCc3cc(N)cnc3C2=O)C1. The Morgan fingerprint density at radius 1 is 1.42 bits per heavy atom. The highest BCUT2D eigenvalue weighted by Crippen LogP contribution is 2.37. The van der Waals surface area contributed by atoms with Crippen molar-refractivity contribution in [1.82, 2.24) is 4.98 Å². The Bertz CT molecular complexity index is 629. The topological polar surface area (TPSA) is 56.0 Å². The normalized spacial score (nSPS) is 25.9. The van der Waals surface area contributed by atoms with E-state index in [0.29, 0.717) is 11.4 Å². The second kappa shape index (κ2) is 4.20. The number of nitrogens with zero attached hydrogens (tertiary/aromatic N) is 1. The number of nitrogen functional groups attached to an aromatic ring is 1. The molecule has 0 aliphatic heterocycles. The lowest BCUT2D eigenvalue weighted by molar-refractivity contribution is 0.103. The van der Waals surface area contributed by atoms with Gasteiger partial charge in [0.15, 0.2) is 0 Å². The maximum Gasteiger partial charge on any atom is 0.211 e. The van der Waals surface area contributed by atoms with Crippen LogP contribution in [0.2, 0.25) is 0 Å². The highest BCUT2D eigenvalue weighted by atomic mass is 35.5. The number of carbonyl (C=O) groups is 1. The molecule has 0 bridgehead atoms. The summed E-state index contributed by atoms with van der Waals surface area (Å²) in [6.45, 7) is 1.97. The Morgan fingerprint density at radius 2 is 2.21 bits per heavy atom. The molecular formula is C15H15ClN2O. The number of rotatable bonds is 0. The molecule has 0 amide bonds. The number of halogens is 1. The molecule has 3 rings (SSSR count). The van der Waals surface area contributed by atoms with Gasteiger partial charge in [-0.05, 0) is 37.8 Å². The Labute approximate surface area is 117 Å². The van der Waals surface area contributed by atoms with Gasteiger partial charge in [0.25, 0.3) is 0 Å². The zero-order chi connectivity index (χ0) is 13.6. The van der Waals surface area contributed by atoms with E-state index in [1.165, 1.54) is 0 Å². The van der Waals surface area contributed by atoms with E-state index in [1.807, 2.05) is 25.1 Å². The molecule has 1 unspecified atom stereocenters. The molecule has 1 aromatic rings. The second-order valence-corrected chi connectivity index (χ2v) is 6.27. The van der Waals surface area contributed by atoms with Gasteiger partial charge in [0.1, 0.15) is 5.69 Å². The first-order valence-corrected chi connectivity index (χ1v) is 6.73. The maximum atomic E-state index is 12.5. The first-order valence-electron chi connectivity index (χ1n) is 6.35. The van der Waals surface area contributed by atoms with E-state index in [9.17, 15) is 4.79 Å². The van der Waals surface area contributed by atoms with Crippen molar-refractivity contribution in [2.75, 3.05) is 5.73 Å². The molecule has 0 saturated heterocycles. The van der Waals surface area contributed by atoms with Crippen molar-refractivity contribution in [3.8, 4) is 0 Å². The number of aromatic nitrogens is 1. The molecule has 3 nitrogen and oxygen atoms in total. The lowest BCUT2D eigenvalue weighted by Gasteiger charge is -2.24. The third kappa shape index (κ3) is 2.19. The monoisotopic (exact) mass is 274 g/mol. The molecule has 0 spiro atoms. The standard InChI is InChI=1S/C15H15ClN2O/c1-15(16)5-4-12-10(7-15)3-2-9-6-11(17)8-18-13(9)14(12)19/h4-6,8H,2-3,7,17H2,1H3. The predicted octanol–water partition coefficient (Wildman–Crippen LogP) is 3.05. The Morgan fingerprint density at radius 3 is 3.00 bits per heavy atom. The number of Topliss-reactive ketones (excluding diaryl/α,β-unsaturated/α-hetero) is 1. The number of fused-ring (bicyclic) bond motifs is 1. The van der Waals surface area contributed by atoms with Gasteiger partial charge < -0.3 is 5.73 Å². The summed E-state index contributed by atoms with van der Waals surface area (Å²) >= 11 is 6.36. The maximum absolute atomic E-state index is 12.5. The van der Waals surface area contributed by atoms with Gasteiger partial charge in [0.05, 0.1) is 16.8 Å². The highest BCUT2D eigenvalue weighted by molar-refractivity contribution is 6.25. The van der Waals surface area contributed by atoms with Gasteiger partial charge in [-0.3, -0.25) is 9.78 Å². The van der Waals surface area contributed by atoms with Crippen LogP contribution >= 0.6 is 11.6 Å². The second-order valence-electron chi connectivity index (χ2n) is 5.41. The number of carbonyl (C=O) groups excluding carboxylic acids is 1. The van der Waals surface area contributed by atoms with E-state index in [-0.39, 0.29) is 10.7 Å². The minimum absolute atomic E-state index is 0.00841. The van der Waals surface area contributed by atoms with E-state index in [1.54, 1.807) is 6.20 Å². The quantitative estimate of drug-likeness (QED) is 0.740. The molecule has 2 aliphatic rings. The molecule has 98 valence electrons.